The number of amidine groups is 1. The molecule has 0 bridgehead atoms. The summed E-state index contributed by atoms with van der Waals surface area (Å²) in [6.45, 7) is 11.7. The number of rotatable bonds is 7. The second-order valence-corrected chi connectivity index (χ2v) is 11.9. The lowest BCUT2D eigenvalue weighted by molar-refractivity contribution is -0.126. The quantitative estimate of drug-likeness (QED) is 0.576. The van der Waals surface area contributed by atoms with Crippen molar-refractivity contribution >= 4 is 26.7 Å². The van der Waals surface area contributed by atoms with Crippen molar-refractivity contribution in [2.24, 2.45) is 16.2 Å². The first kappa shape index (κ1) is 25.9. The molecule has 3 aliphatic heterocycles. The first-order valence-electron chi connectivity index (χ1n) is 13.2. The number of carbonyl (C=O) groups is 1. The van der Waals surface area contributed by atoms with Gasteiger partial charge in [0.15, 0.2) is 0 Å². The van der Waals surface area contributed by atoms with Crippen LogP contribution in [0, 0.1) is 18.8 Å². The van der Waals surface area contributed by atoms with Crippen LogP contribution in [0.3, 0.4) is 0 Å². The summed E-state index contributed by atoms with van der Waals surface area (Å²) in [7, 11) is -3.73. The van der Waals surface area contributed by atoms with Crippen molar-refractivity contribution in [1.29, 1.82) is 0 Å². The highest BCUT2D eigenvalue weighted by Crippen LogP contribution is 2.36. The van der Waals surface area contributed by atoms with Crippen LogP contribution in [-0.4, -0.2) is 69.2 Å². The van der Waals surface area contributed by atoms with Crippen LogP contribution in [0.1, 0.15) is 63.5 Å². The second-order valence-electron chi connectivity index (χ2n) is 10.4. The van der Waals surface area contributed by atoms with E-state index in [0.29, 0.717) is 48.7 Å². The average Bonchev–Trinajstić information content (AvgIpc) is 3.12. The standard InChI is InChI=1S/C27H40N4O3S/c1-4-24-25(22-10-8-20(2)9-11-22)35(33,34)29-26(24)31-17-12-23(13-18-31)27(32)28-14-6-16-30-15-5-7-21(3)19-30/h8-11,21,23H,4-7,12-19H2,1-3H3,(H,28,32). The fourth-order valence-electron chi connectivity index (χ4n) is 5.57. The van der Waals surface area contributed by atoms with Crippen LogP contribution in [0.2, 0.25) is 0 Å². The molecule has 1 atom stereocenters. The molecule has 1 unspecified atom stereocenters. The Hall–Kier alpha value is -2.19. The first-order valence-corrected chi connectivity index (χ1v) is 14.6. The Bertz CT molecular complexity index is 1070. The van der Waals surface area contributed by atoms with Crippen LogP contribution in [0.4, 0.5) is 0 Å². The Morgan fingerprint density at radius 1 is 1.11 bits per heavy atom. The van der Waals surface area contributed by atoms with Crippen molar-refractivity contribution < 1.29 is 13.2 Å². The van der Waals surface area contributed by atoms with E-state index in [-0.39, 0.29) is 11.8 Å². The van der Waals surface area contributed by atoms with E-state index in [1.54, 1.807) is 0 Å². The lowest BCUT2D eigenvalue weighted by atomic mass is 9.94. The third-order valence-corrected chi connectivity index (χ3v) is 8.94. The highest BCUT2D eigenvalue weighted by atomic mass is 32.2. The van der Waals surface area contributed by atoms with Crippen molar-refractivity contribution in [2.75, 3.05) is 39.3 Å². The van der Waals surface area contributed by atoms with Gasteiger partial charge in [-0.2, -0.15) is 8.42 Å². The van der Waals surface area contributed by atoms with E-state index in [9.17, 15) is 13.2 Å². The number of nitrogens with zero attached hydrogens (tertiary/aromatic N) is 3. The Balaban J connectivity index is 1.30. The maximum absolute atomic E-state index is 13.0. The molecule has 4 rings (SSSR count). The maximum Gasteiger partial charge on any atom is 0.285 e. The first-order chi connectivity index (χ1) is 16.8. The number of benzene rings is 1. The normalized spacial score (nSPS) is 23.5. The van der Waals surface area contributed by atoms with Crippen molar-refractivity contribution in [3.05, 3.63) is 41.0 Å². The van der Waals surface area contributed by atoms with Gasteiger partial charge in [-0.3, -0.25) is 4.79 Å². The molecule has 0 aliphatic carbocycles. The van der Waals surface area contributed by atoms with Crippen molar-refractivity contribution in [3.63, 3.8) is 0 Å². The van der Waals surface area contributed by atoms with Gasteiger partial charge >= 0.3 is 0 Å². The van der Waals surface area contributed by atoms with E-state index >= 15 is 0 Å². The molecule has 0 saturated carbocycles. The summed E-state index contributed by atoms with van der Waals surface area (Å²) in [5.41, 5.74) is 2.56. The molecule has 0 radical (unpaired) electrons. The predicted octanol–water partition coefficient (Wildman–Crippen LogP) is 3.81. The molecular weight excluding hydrogens is 460 g/mol. The molecule has 1 amide bonds. The molecule has 3 aliphatic rings. The van der Waals surface area contributed by atoms with E-state index in [0.717, 1.165) is 36.6 Å². The third-order valence-electron chi connectivity index (χ3n) is 7.53. The second kappa shape index (κ2) is 11.2. The number of piperidine rings is 2. The number of nitrogens with one attached hydrogen (secondary N) is 1. The molecule has 7 nitrogen and oxygen atoms in total. The number of aryl methyl sites for hydroxylation is 1. The summed E-state index contributed by atoms with van der Waals surface area (Å²) < 4.78 is 30.2. The molecular formula is C27H40N4O3S. The van der Waals surface area contributed by atoms with Crippen molar-refractivity contribution in [3.8, 4) is 0 Å². The number of likely N-dealkylation sites (tertiary alicyclic amines) is 2. The Morgan fingerprint density at radius 2 is 1.83 bits per heavy atom. The maximum atomic E-state index is 13.0. The lowest BCUT2D eigenvalue weighted by Gasteiger charge is -2.33. The molecule has 8 heteroatoms. The molecule has 3 heterocycles. The zero-order chi connectivity index (χ0) is 25.0. The molecule has 2 saturated heterocycles. The van der Waals surface area contributed by atoms with Gasteiger partial charge in [-0.05, 0) is 70.0 Å². The fourth-order valence-corrected chi connectivity index (χ4v) is 7.09. The zero-order valence-electron chi connectivity index (χ0n) is 21.4. The largest absolute Gasteiger partial charge is 0.356 e. The van der Waals surface area contributed by atoms with Crippen LogP contribution in [0.25, 0.3) is 4.91 Å². The molecule has 2 fully saturated rings. The topological polar surface area (TPSA) is 82.1 Å². The molecule has 35 heavy (non-hydrogen) atoms. The van der Waals surface area contributed by atoms with Crippen molar-refractivity contribution in [1.82, 2.24) is 15.1 Å². The minimum absolute atomic E-state index is 0.0227. The molecule has 192 valence electrons. The SMILES string of the molecule is CCC1=C(c2ccc(C)cc2)S(=O)(=O)N=C1N1CCC(C(=O)NCCCN2CCCC(C)C2)CC1. The molecule has 0 aromatic heterocycles. The Morgan fingerprint density at radius 3 is 2.49 bits per heavy atom. The highest BCUT2D eigenvalue weighted by Gasteiger charge is 2.36. The van der Waals surface area contributed by atoms with E-state index < -0.39 is 10.0 Å². The number of hydrogen-bond donors (Lipinski definition) is 1. The third kappa shape index (κ3) is 6.15. The predicted molar refractivity (Wildman–Crippen MR) is 142 cm³/mol. The van der Waals surface area contributed by atoms with Gasteiger partial charge in [-0.15, -0.1) is 4.40 Å². The van der Waals surface area contributed by atoms with E-state index in [4.69, 9.17) is 0 Å². The van der Waals surface area contributed by atoms with E-state index in [2.05, 4.69) is 26.4 Å². The molecule has 0 spiro atoms. The van der Waals surface area contributed by atoms with E-state index in [1.807, 2.05) is 38.1 Å². The van der Waals surface area contributed by atoms with Gasteiger partial charge in [0.2, 0.25) is 5.91 Å². The van der Waals surface area contributed by atoms with Crippen LogP contribution in [-0.2, 0) is 14.8 Å². The number of hydrogen-bond acceptors (Lipinski definition) is 5. The smallest absolute Gasteiger partial charge is 0.285 e. The summed E-state index contributed by atoms with van der Waals surface area (Å²) in [5, 5.41) is 3.13. The van der Waals surface area contributed by atoms with Gasteiger partial charge in [-0.1, -0.05) is 43.7 Å². The van der Waals surface area contributed by atoms with Crippen LogP contribution >= 0.6 is 0 Å². The van der Waals surface area contributed by atoms with Gasteiger partial charge in [0.25, 0.3) is 10.0 Å². The Kier molecular flexibility index (Phi) is 8.32. The zero-order valence-corrected chi connectivity index (χ0v) is 22.2. The van der Waals surface area contributed by atoms with Gasteiger partial charge in [-0.25, -0.2) is 0 Å². The van der Waals surface area contributed by atoms with Crippen molar-refractivity contribution in [2.45, 2.75) is 59.3 Å². The summed E-state index contributed by atoms with van der Waals surface area (Å²) in [4.78, 5) is 17.6. The monoisotopic (exact) mass is 500 g/mol. The van der Waals surface area contributed by atoms with Gasteiger partial charge in [0, 0.05) is 37.7 Å². The lowest BCUT2D eigenvalue weighted by Crippen LogP contribution is -2.43. The Labute approximate surface area is 210 Å². The van der Waals surface area contributed by atoms with Gasteiger partial charge < -0.3 is 15.1 Å². The number of amides is 1. The molecule has 1 N–H and O–H groups in total. The number of carbonyl (C=O) groups excluding carboxylic acids is 1. The highest BCUT2D eigenvalue weighted by molar-refractivity contribution is 8.00. The number of sulfonamides is 1. The summed E-state index contributed by atoms with van der Waals surface area (Å²) in [5.74, 6) is 1.45. The van der Waals surface area contributed by atoms with Gasteiger partial charge in [0.1, 0.15) is 10.7 Å². The minimum atomic E-state index is -3.73. The average molecular weight is 501 g/mol. The summed E-state index contributed by atoms with van der Waals surface area (Å²) in [6, 6.07) is 7.58. The van der Waals surface area contributed by atoms with Crippen LogP contribution < -0.4 is 5.32 Å². The van der Waals surface area contributed by atoms with E-state index in [1.165, 1.54) is 25.9 Å². The van der Waals surface area contributed by atoms with Crippen LogP contribution in [0.5, 0.6) is 0 Å². The summed E-state index contributed by atoms with van der Waals surface area (Å²) >= 11 is 0. The molecule has 1 aromatic carbocycles. The van der Waals surface area contributed by atoms with Gasteiger partial charge in [0.05, 0.1) is 0 Å². The minimum Gasteiger partial charge on any atom is -0.356 e. The fraction of sp³-hybridized carbons (Fsp3) is 0.630. The molecule has 1 aromatic rings. The van der Waals surface area contributed by atoms with Crippen LogP contribution in [0.15, 0.2) is 34.2 Å². The summed E-state index contributed by atoms with van der Waals surface area (Å²) in [6.07, 6.45) is 5.61.